The molecular weight excluding hydrogens is 437 g/mol. The Kier molecular flexibility index (Phi) is 10.9. The number of pyridine rings is 1. The van der Waals surface area contributed by atoms with Crippen LogP contribution in [0.3, 0.4) is 0 Å². The molecule has 0 amide bonds. The second kappa shape index (κ2) is 14.4. The van der Waals surface area contributed by atoms with Crippen LogP contribution in [0.15, 0.2) is 60.8 Å². The van der Waals surface area contributed by atoms with Crippen molar-refractivity contribution in [3.8, 4) is 17.0 Å². The Labute approximate surface area is 209 Å². The van der Waals surface area contributed by atoms with E-state index in [1.165, 1.54) is 62.6 Å². The highest BCUT2D eigenvalue weighted by atomic mass is 19.1. The maximum atomic E-state index is 14.3. The van der Waals surface area contributed by atoms with Crippen LogP contribution in [0.25, 0.3) is 11.3 Å². The topological polar surface area (TPSA) is 39.2 Å². The van der Waals surface area contributed by atoms with Crippen LogP contribution in [-0.4, -0.2) is 11.0 Å². The van der Waals surface area contributed by atoms with E-state index in [2.05, 4.69) is 24.9 Å². The molecule has 0 aliphatic rings. The summed E-state index contributed by atoms with van der Waals surface area (Å²) in [6, 6.07) is 16.0. The molecule has 1 aromatic heterocycles. The number of ether oxygens (including phenoxy) is 1. The van der Waals surface area contributed by atoms with Crippen molar-refractivity contribution in [1.29, 1.82) is 0 Å². The quantitative estimate of drug-likeness (QED) is 0.133. The molecule has 0 radical (unpaired) electrons. The maximum Gasteiger partial charge on any atom is 0.343 e. The average molecular weight is 476 g/mol. The molecule has 0 aliphatic carbocycles. The van der Waals surface area contributed by atoms with Crippen molar-refractivity contribution < 1.29 is 13.9 Å². The lowest BCUT2D eigenvalue weighted by Crippen LogP contribution is -2.09. The van der Waals surface area contributed by atoms with Gasteiger partial charge in [-0.3, -0.25) is 4.98 Å². The minimum absolute atomic E-state index is 0.0439. The Hall–Kier alpha value is -3.01. The first-order valence-electron chi connectivity index (χ1n) is 13.2. The summed E-state index contributed by atoms with van der Waals surface area (Å²) in [6.45, 7) is 4.34. The smallest absolute Gasteiger partial charge is 0.343 e. The molecule has 0 unspecified atom stereocenters. The number of benzene rings is 2. The van der Waals surface area contributed by atoms with Gasteiger partial charge in [0, 0.05) is 11.8 Å². The minimum Gasteiger partial charge on any atom is -0.420 e. The van der Waals surface area contributed by atoms with E-state index in [4.69, 9.17) is 4.74 Å². The molecule has 0 spiro atoms. The molecule has 3 nitrogen and oxygen atoms in total. The molecule has 0 bridgehead atoms. The molecule has 0 saturated carbocycles. The third kappa shape index (κ3) is 8.61. The predicted octanol–water partition coefficient (Wildman–Crippen LogP) is 8.74. The van der Waals surface area contributed by atoms with Gasteiger partial charge in [-0.05, 0) is 67.1 Å². The zero-order valence-corrected chi connectivity index (χ0v) is 21.2. The Morgan fingerprint density at radius 3 is 2.09 bits per heavy atom. The summed E-state index contributed by atoms with van der Waals surface area (Å²) in [7, 11) is 0. The van der Waals surface area contributed by atoms with Gasteiger partial charge >= 0.3 is 5.97 Å². The van der Waals surface area contributed by atoms with Crippen LogP contribution in [-0.2, 0) is 12.8 Å². The number of hydrogen-bond donors (Lipinski definition) is 0. The number of carbonyl (C=O) groups is 1. The van der Waals surface area contributed by atoms with Crippen molar-refractivity contribution in [2.45, 2.75) is 84.5 Å². The molecule has 3 aromatic rings. The third-order valence-electron chi connectivity index (χ3n) is 6.33. The van der Waals surface area contributed by atoms with E-state index in [0.717, 1.165) is 42.5 Å². The molecule has 35 heavy (non-hydrogen) atoms. The van der Waals surface area contributed by atoms with E-state index >= 15 is 0 Å². The lowest BCUT2D eigenvalue weighted by molar-refractivity contribution is 0.0728. The SMILES string of the molecule is CCCCCCCCCc1ccc(-c2ccc(C(=O)Oc3ccc(CCCC)cc3F)cc2)nc1. The summed E-state index contributed by atoms with van der Waals surface area (Å²) in [5.74, 6) is -1.13. The van der Waals surface area contributed by atoms with Gasteiger partial charge in [0.2, 0.25) is 0 Å². The van der Waals surface area contributed by atoms with Gasteiger partial charge in [-0.2, -0.15) is 0 Å². The fourth-order valence-corrected chi connectivity index (χ4v) is 4.13. The Bertz CT molecular complexity index is 1040. The number of esters is 1. The highest BCUT2D eigenvalue weighted by Crippen LogP contribution is 2.23. The monoisotopic (exact) mass is 475 g/mol. The lowest BCUT2D eigenvalue weighted by atomic mass is 10.0. The van der Waals surface area contributed by atoms with Gasteiger partial charge in [-0.15, -0.1) is 0 Å². The van der Waals surface area contributed by atoms with Crippen LogP contribution in [0.1, 0.15) is 93.1 Å². The average Bonchev–Trinajstić information content (AvgIpc) is 2.89. The van der Waals surface area contributed by atoms with Gasteiger partial charge < -0.3 is 4.74 Å². The van der Waals surface area contributed by atoms with E-state index < -0.39 is 11.8 Å². The standard InChI is InChI=1S/C31H38FNO2/c1-3-5-7-8-9-10-11-13-25-14-20-29(33-23-25)26-16-18-27(19-17-26)31(34)35-30-21-15-24(12-6-4-2)22-28(30)32/h14-23H,3-13H2,1-2H3. The normalized spacial score (nSPS) is 10.9. The fraction of sp³-hybridized carbons (Fsp3) is 0.419. The summed E-state index contributed by atoms with van der Waals surface area (Å²) in [5, 5.41) is 0. The molecule has 1 heterocycles. The Balaban J connectivity index is 1.50. The first-order valence-corrected chi connectivity index (χ1v) is 13.2. The second-order valence-electron chi connectivity index (χ2n) is 9.26. The van der Waals surface area contributed by atoms with Crippen molar-refractivity contribution >= 4 is 5.97 Å². The summed E-state index contributed by atoms with van der Waals surface area (Å²) in [5.41, 5.74) is 4.33. The Morgan fingerprint density at radius 1 is 0.771 bits per heavy atom. The van der Waals surface area contributed by atoms with Crippen LogP contribution < -0.4 is 4.74 Å². The molecule has 0 aliphatic heterocycles. The number of unbranched alkanes of at least 4 members (excludes halogenated alkanes) is 7. The first kappa shape index (κ1) is 26.6. The van der Waals surface area contributed by atoms with E-state index in [-0.39, 0.29) is 5.75 Å². The summed E-state index contributed by atoms with van der Waals surface area (Å²) in [6.07, 6.45) is 15.0. The number of aromatic nitrogens is 1. The largest absolute Gasteiger partial charge is 0.420 e. The van der Waals surface area contributed by atoms with Crippen molar-refractivity contribution in [2.75, 3.05) is 0 Å². The summed E-state index contributed by atoms with van der Waals surface area (Å²) < 4.78 is 19.6. The maximum absolute atomic E-state index is 14.3. The van der Waals surface area contributed by atoms with Crippen LogP contribution in [0.5, 0.6) is 5.75 Å². The highest BCUT2D eigenvalue weighted by molar-refractivity contribution is 5.91. The van der Waals surface area contributed by atoms with Crippen molar-refractivity contribution in [2.24, 2.45) is 0 Å². The minimum atomic E-state index is -0.574. The van der Waals surface area contributed by atoms with Crippen LogP contribution >= 0.6 is 0 Å². The fourth-order valence-electron chi connectivity index (χ4n) is 4.13. The van der Waals surface area contributed by atoms with Gasteiger partial charge in [-0.1, -0.05) is 83.1 Å². The molecule has 0 fully saturated rings. The number of nitrogens with zero attached hydrogens (tertiary/aromatic N) is 1. The molecule has 0 atom stereocenters. The van der Waals surface area contributed by atoms with Crippen molar-refractivity contribution in [3.63, 3.8) is 0 Å². The third-order valence-corrected chi connectivity index (χ3v) is 6.33. The molecule has 3 rings (SSSR count). The van der Waals surface area contributed by atoms with Gasteiger partial charge in [0.25, 0.3) is 0 Å². The van der Waals surface area contributed by atoms with E-state index in [1.54, 1.807) is 12.1 Å². The number of hydrogen-bond acceptors (Lipinski definition) is 3. The predicted molar refractivity (Wildman–Crippen MR) is 141 cm³/mol. The number of carbonyl (C=O) groups excluding carboxylic acids is 1. The van der Waals surface area contributed by atoms with Gasteiger partial charge in [0.15, 0.2) is 11.6 Å². The van der Waals surface area contributed by atoms with Gasteiger partial charge in [-0.25, -0.2) is 9.18 Å². The van der Waals surface area contributed by atoms with Crippen LogP contribution in [0.2, 0.25) is 0 Å². The molecule has 2 aromatic carbocycles. The van der Waals surface area contributed by atoms with Gasteiger partial charge in [0.05, 0.1) is 11.3 Å². The van der Waals surface area contributed by atoms with Crippen LogP contribution in [0.4, 0.5) is 4.39 Å². The summed E-state index contributed by atoms with van der Waals surface area (Å²) in [4.78, 5) is 17.1. The van der Waals surface area contributed by atoms with E-state index in [1.807, 2.05) is 30.5 Å². The van der Waals surface area contributed by atoms with E-state index in [0.29, 0.717) is 5.56 Å². The molecule has 0 saturated heterocycles. The highest BCUT2D eigenvalue weighted by Gasteiger charge is 2.13. The number of rotatable bonds is 14. The lowest BCUT2D eigenvalue weighted by Gasteiger charge is -2.08. The number of halogens is 1. The molecule has 0 N–H and O–H groups in total. The first-order chi connectivity index (χ1) is 17.1. The second-order valence-corrected chi connectivity index (χ2v) is 9.26. The molecule has 186 valence electrons. The van der Waals surface area contributed by atoms with Crippen molar-refractivity contribution in [3.05, 3.63) is 83.3 Å². The van der Waals surface area contributed by atoms with Crippen molar-refractivity contribution in [1.82, 2.24) is 4.98 Å². The zero-order chi connectivity index (χ0) is 24.9. The zero-order valence-electron chi connectivity index (χ0n) is 21.2. The number of aryl methyl sites for hydroxylation is 2. The van der Waals surface area contributed by atoms with E-state index in [9.17, 15) is 9.18 Å². The molecule has 4 heteroatoms. The van der Waals surface area contributed by atoms with Gasteiger partial charge in [0.1, 0.15) is 0 Å². The Morgan fingerprint density at radius 2 is 1.43 bits per heavy atom. The molecular formula is C31H38FNO2. The van der Waals surface area contributed by atoms with Crippen LogP contribution in [0, 0.1) is 5.82 Å². The summed E-state index contributed by atoms with van der Waals surface area (Å²) >= 11 is 0.